The molecule has 7 heteroatoms. The van der Waals surface area contributed by atoms with E-state index in [-0.39, 0.29) is 6.10 Å². The Hall–Kier alpha value is -2.41. The standard InChI is InChI=1S/C18H18BrN3O3/c1-11(13-6-4-5-7-20-13)25-15-9-12(19)8-14-16(15)22(10-21-14)18(2,3)17(23)24/h4-11H,1-3H3,(H,23,24)/t11-/m1/s1. The lowest BCUT2D eigenvalue weighted by Gasteiger charge is -2.24. The molecule has 0 spiro atoms. The molecule has 1 N–H and O–H groups in total. The first-order valence-electron chi connectivity index (χ1n) is 7.78. The molecule has 0 unspecified atom stereocenters. The van der Waals surface area contributed by atoms with Crippen LogP contribution in [0.5, 0.6) is 5.75 Å². The van der Waals surface area contributed by atoms with Crippen LogP contribution < -0.4 is 4.74 Å². The quantitative estimate of drug-likeness (QED) is 0.691. The van der Waals surface area contributed by atoms with E-state index in [0.717, 1.165) is 10.2 Å². The number of benzene rings is 1. The molecule has 3 aromatic rings. The third-order valence-corrected chi connectivity index (χ3v) is 4.56. The van der Waals surface area contributed by atoms with Crippen LogP contribution in [0.15, 0.2) is 47.3 Å². The average molecular weight is 404 g/mol. The molecule has 2 aromatic heterocycles. The molecule has 0 fully saturated rings. The van der Waals surface area contributed by atoms with Crippen molar-refractivity contribution < 1.29 is 14.6 Å². The first-order valence-corrected chi connectivity index (χ1v) is 8.58. The number of fused-ring (bicyclic) bond motifs is 1. The van der Waals surface area contributed by atoms with Crippen molar-refractivity contribution in [3.63, 3.8) is 0 Å². The van der Waals surface area contributed by atoms with Crippen molar-refractivity contribution in [1.82, 2.24) is 14.5 Å². The minimum absolute atomic E-state index is 0.296. The van der Waals surface area contributed by atoms with E-state index < -0.39 is 11.5 Å². The molecular weight excluding hydrogens is 386 g/mol. The third-order valence-electron chi connectivity index (χ3n) is 4.11. The van der Waals surface area contributed by atoms with E-state index in [1.54, 1.807) is 24.6 Å². The largest absolute Gasteiger partial charge is 0.482 e. The number of hydrogen-bond donors (Lipinski definition) is 1. The Morgan fingerprint density at radius 1 is 1.32 bits per heavy atom. The van der Waals surface area contributed by atoms with Gasteiger partial charge in [0.1, 0.15) is 22.9 Å². The highest BCUT2D eigenvalue weighted by Crippen LogP contribution is 2.35. The molecule has 130 valence electrons. The van der Waals surface area contributed by atoms with E-state index >= 15 is 0 Å². The SMILES string of the molecule is C[C@@H](Oc1cc(Br)cc2ncn(C(C)(C)C(=O)O)c12)c1ccccn1. The summed E-state index contributed by atoms with van der Waals surface area (Å²) in [7, 11) is 0. The van der Waals surface area contributed by atoms with Crippen LogP contribution in [-0.2, 0) is 10.3 Å². The summed E-state index contributed by atoms with van der Waals surface area (Å²) in [5, 5.41) is 9.57. The Morgan fingerprint density at radius 3 is 2.72 bits per heavy atom. The molecule has 0 saturated carbocycles. The topological polar surface area (TPSA) is 77.2 Å². The van der Waals surface area contributed by atoms with Gasteiger partial charge in [-0.05, 0) is 45.0 Å². The highest BCUT2D eigenvalue weighted by atomic mass is 79.9. The van der Waals surface area contributed by atoms with Crippen LogP contribution in [0.2, 0.25) is 0 Å². The summed E-state index contributed by atoms with van der Waals surface area (Å²) in [5.74, 6) is -0.396. The van der Waals surface area contributed by atoms with Gasteiger partial charge in [0, 0.05) is 10.7 Å². The number of halogens is 1. The maximum Gasteiger partial charge on any atom is 0.329 e. The number of nitrogens with zero attached hydrogens (tertiary/aromatic N) is 3. The molecule has 0 aliphatic carbocycles. The zero-order chi connectivity index (χ0) is 18.2. The summed E-state index contributed by atoms with van der Waals surface area (Å²) in [5.41, 5.74) is 0.930. The van der Waals surface area contributed by atoms with Crippen molar-refractivity contribution in [2.45, 2.75) is 32.4 Å². The van der Waals surface area contributed by atoms with Crippen LogP contribution in [0.25, 0.3) is 11.0 Å². The Bertz CT molecular complexity index is 922. The second-order valence-corrected chi connectivity index (χ2v) is 7.18. The van der Waals surface area contributed by atoms with Gasteiger partial charge in [0.25, 0.3) is 0 Å². The number of ether oxygens (including phenoxy) is 1. The summed E-state index contributed by atoms with van der Waals surface area (Å²) < 4.78 is 8.55. The van der Waals surface area contributed by atoms with Gasteiger partial charge in [-0.15, -0.1) is 0 Å². The lowest BCUT2D eigenvalue weighted by atomic mass is 10.1. The number of rotatable bonds is 5. The monoisotopic (exact) mass is 403 g/mol. The van der Waals surface area contributed by atoms with Gasteiger partial charge in [-0.2, -0.15) is 0 Å². The smallest absolute Gasteiger partial charge is 0.329 e. The number of carboxylic acids is 1. The molecule has 0 saturated heterocycles. The molecule has 0 amide bonds. The van der Waals surface area contributed by atoms with Crippen LogP contribution in [0, 0.1) is 0 Å². The van der Waals surface area contributed by atoms with Crippen LogP contribution in [-0.4, -0.2) is 25.6 Å². The summed E-state index contributed by atoms with van der Waals surface area (Å²) in [4.78, 5) is 20.3. The molecule has 0 aliphatic rings. The normalized spacial score (nSPS) is 13.0. The van der Waals surface area contributed by atoms with Gasteiger partial charge < -0.3 is 14.4 Å². The molecule has 1 aromatic carbocycles. The molecule has 1 atom stereocenters. The number of pyridine rings is 1. The molecule has 0 aliphatic heterocycles. The minimum atomic E-state index is -1.16. The molecule has 25 heavy (non-hydrogen) atoms. The van der Waals surface area contributed by atoms with E-state index in [2.05, 4.69) is 25.9 Å². The van der Waals surface area contributed by atoms with E-state index in [9.17, 15) is 9.90 Å². The van der Waals surface area contributed by atoms with Crippen molar-refractivity contribution in [1.29, 1.82) is 0 Å². The Kier molecular flexibility index (Phi) is 4.51. The van der Waals surface area contributed by atoms with Gasteiger partial charge in [0.05, 0.1) is 17.5 Å². The van der Waals surface area contributed by atoms with Gasteiger partial charge in [0.15, 0.2) is 0 Å². The predicted molar refractivity (Wildman–Crippen MR) is 97.7 cm³/mol. The van der Waals surface area contributed by atoms with Crippen LogP contribution in [0.3, 0.4) is 0 Å². The van der Waals surface area contributed by atoms with Crippen molar-refractivity contribution in [3.05, 3.63) is 53.0 Å². The van der Waals surface area contributed by atoms with Crippen LogP contribution >= 0.6 is 15.9 Å². The van der Waals surface area contributed by atoms with Gasteiger partial charge >= 0.3 is 5.97 Å². The number of aliphatic carboxylic acids is 1. The molecular formula is C18H18BrN3O3. The molecule has 2 heterocycles. The Labute approximate surface area is 153 Å². The van der Waals surface area contributed by atoms with E-state index in [1.807, 2.05) is 37.3 Å². The van der Waals surface area contributed by atoms with Crippen molar-refractivity contribution in [2.24, 2.45) is 0 Å². The minimum Gasteiger partial charge on any atom is -0.482 e. The summed E-state index contributed by atoms with van der Waals surface area (Å²) >= 11 is 3.46. The van der Waals surface area contributed by atoms with Crippen molar-refractivity contribution in [2.75, 3.05) is 0 Å². The summed E-state index contributed by atoms with van der Waals surface area (Å²) in [6.45, 7) is 5.16. The first-order chi connectivity index (χ1) is 11.8. The number of aromatic nitrogens is 3. The fourth-order valence-corrected chi connectivity index (χ4v) is 2.99. The summed E-state index contributed by atoms with van der Waals surface area (Å²) in [6, 6.07) is 9.28. The predicted octanol–water partition coefficient (Wildman–Crippen LogP) is 4.15. The maximum absolute atomic E-state index is 11.7. The van der Waals surface area contributed by atoms with Gasteiger partial charge in [-0.1, -0.05) is 22.0 Å². The zero-order valence-electron chi connectivity index (χ0n) is 14.1. The van der Waals surface area contributed by atoms with Crippen molar-refractivity contribution in [3.8, 4) is 5.75 Å². The lowest BCUT2D eigenvalue weighted by Crippen LogP contribution is -2.35. The van der Waals surface area contributed by atoms with Crippen LogP contribution in [0.1, 0.15) is 32.6 Å². The average Bonchev–Trinajstić information content (AvgIpc) is 3.00. The summed E-state index contributed by atoms with van der Waals surface area (Å²) in [6.07, 6.45) is 2.95. The van der Waals surface area contributed by atoms with Gasteiger partial charge in [-0.3, -0.25) is 4.98 Å². The van der Waals surface area contributed by atoms with E-state index in [4.69, 9.17) is 4.74 Å². The number of hydrogen-bond acceptors (Lipinski definition) is 4. The van der Waals surface area contributed by atoms with Crippen LogP contribution in [0.4, 0.5) is 0 Å². The van der Waals surface area contributed by atoms with E-state index in [0.29, 0.717) is 16.8 Å². The fraction of sp³-hybridized carbons (Fsp3) is 0.278. The fourth-order valence-electron chi connectivity index (χ4n) is 2.56. The Balaban J connectivity index is 2.11. The number of carboxylic acid groups (broad SMARTS) is 1. The molecule has 3 rings (SSSR count). The molecule has 6 nitrogen and oxygen atoms in total. The second-order valence-electron chi connectivity index (χ2n) is 6.27. The lowest BCUT2D eigenvalue weighted by molar-refractivity contribution is -0.145. The molecule has 0 bridgehead atoms. The third kappa shape index (κ3) is 3.24. The van der Waals surface area contributed by atoms with Crippen molar-refractivity contribution >= 4 is 32.9 Å². The first kappa shape index (κ1) is 17.4. The zero-order valence-corrected chi connectivity index (χ0v) is 15.7. The number of imidazole rings is 1. The number of carbonyl (C=O) groups is 1. The second kappa shape index (κ2) is 6.48. The Morgan fingerprint density at radius 2 is 2.08 bits per heavy atom. The highest BCUT2D eigenvalue weighted by Gasteiger charge is 2.32. The van der Waals surface area contributed by atoms with Gasteiger partial charge in [0.2, 0.25) is 0 Å². The highest BCUT2D eigenvalue weighted by molar-refractivity contribution is 9.10. The van der Waals surface area contributed by atoms with E-state index in [1.165, 1.54) is 6.33 Å². The van der Waals surface area contributed by atoms with Gasteiger partial charge in [-0.25, -0.2) is 9.78 Å². The molecule has 0 radical (unpaired) electrons. The maximum atomic E-state index is 11.7.